The van der Waals surface area contributed by atoms with Gasteiger partial charge in [-0.25, -0.2) is 17.6 Å². The summed E-state index contributed by atoms with van der Waals surface area (Å²) in [6.45, 7) is 0. The second kappa shape index (κ2) is 7.37. The lowest BCUT2D eigenvalue weighted by molar-refractivity contribution is 0.0691. The van der Waals surface area contributed by atoms with Gasteiger partial charge in [-0.1, -0.05) is 0 Å². The molecule has 3 rings (SSSR count). The van der Waals surface area contributed by atoms with E-state index < -0.39 is 27.4 Å². The summed E-state index contributed by atoms with van der Waals surface area (Å²) in [5.74, 6) is -2.55. The van der Waals surface area contributed by atoms with E-state index in [1.54, 1.807) is 42.2 Å². The second-order valence-corrected chi connectivity index (χ2v) is 8.13. The average Bonchev–Trinajstić information content (AvgIpc) is 3.01. The molecule has 0 unspecified atom stereocenters. The maximum Gasteiger partial charge on any atom is 0.338 e. The highest BCUT2D eigenvalue weighted by Crippen LogP contribution is 2.27. The van der Waals surface area contributed by atoms with Gasteiger partial charge in [0.2, 0.25) is 0 Å². The van der Waals surface area contributed by atoms with Gasteiger partial charge in [0.05, 0.1) is 10.5 Å². The quantitative estimate of drug-likeness (QED) is 0.644. The first kappa shape index (κ1) is 18.9. The highest BCUT2D eigenvalue weighted by molar-refractivity contribution is 7.99. The number of hydrogen-bond donors (Lipinski definition) is 2. The summed E-state index contributed by atoms with van der Waals surface area (Å²) in [5.41, 5.74) is -0.438. The molecule has 0 saturated carbocycles. The van der Waals surface area contributed by atoms with Gasteiger partial charge in [0.15, 0.2) is 5.16 Å². The van der Waals surface area contributed by atoms with Gasteiger partial charge in [0.25, 0.3) is 10.0 Å². The fourth-order valence-corrected chi connectivity index (χ4v) is 3.96. The molecule has 0 atom stereocenters. The molecule has 0 amide bonds. The summed E-state index contributed by atoms with van der Waals surface area (Å²) < 4.78 is 42.4. The first-order valence-corrected chi connectivity index (χ1v) is 9.74. The van der Waals surface area contributed by atoms with Crippen LogP contribution in [0.3, 0.4) is 0 Å². The standard InChI is InChI=1S/C16H13FN4O4S2/c1-21-9-18-19-16(21)26-11-4-2-10(3-5-11)20-27(24,25)12-6-7-14(17)13(8-12)15(22)23/h2-9,20H,1H3,(H,22,23). The normalized spacial score (nSPS) is 11.3. The number of nitrogens with zero attached hydrogens (tertiary/aromatic N) is 3. The van der Waals surface area contributed by atoms with Gasteiger partial charge in [0, 0.05) is 17.6 Å². The van der Waals surface area contributed by atoms with Gasteiger partial charge in [0.1, 0.15) is 12.1 Å². The Morgan fingerprint density at radius 1 is 1.22 bits per heavy atom. The molecule has 2 aromatic carbocycles. The number of anilines is 1. The van der Waals surface area contributed by atoms with E-state index in [0.29, 0.717) is 5.16 Å². The van der Waals surface area contributed by atoms with Gasteiger partial charge < -0.3 is 9.67 Å². The predicted octanol–water partition coefficient (Wildman–Crippen LogP) is 2.60. The van der Waals surface area contributed by atoms with Crippen LogP contribution in [0, 0.1) is 5.82 Å². The Balaban J connectivity index is 1.79. The number of aromatic carboxylic acids is 1. The van der Waals surface area contributed by atoms with Crippen molar-refractivity contribution in [2.45, 2.75) is 14.9 Å². The van der Waals surface area contributed by atoms with E-state index in [-0.39, 0.29) is 10.6 Å². The molecule has 0 spiro atoms. The average molecular weight is 408 g/mol. The zero-order valence-corrected chi connectivity index (χ0v) is 15.5. The van der Waals surface area contributed by atoms with Crippen LogP contribution >= 0.6 is 11.8 Å². The van der Waals surface area contributed by atoms with Crippen molar-refractivity contribution in [2.24, 2.45) is 7.05 Å². The number of benzene rings is 2. The number of sulfonamides is 1. The van der Waals surface area contributed by atoms with Crippen LogP contribution < -0.4 is 4.72 Å². The SMILES string of the molecule is Cn1cnnc1Sc1ccc(NS(=O)(=O)c2ccc(F)c(C(=O)O)c2)cc1. The molecular formula is C16H13FN4O4S2. The van der Waals surface area contributed by atoms with Crippen LogP contribution in [0.2, 0.25) is 0 Å². The highest BCUT2D eigenvalue weighted by atomic mass is 32.2. The highest BCUT2D eigenvalue weighted by Gasteiger charge is 2.19. The Morgan fingerprint density at radius 2 is 1.93 bits per heavy atom. The number of carboxylic acid groups (broad SMARTS) is 1. The Morgan fingerprint density at radius 3 is 2.52 bits per heavy atom. The smallest absolute Gasteiger partial charge is 0.338 e. The lowest BCUT2D eigenvalue weighted by atomic mass is 10.2. The molecule has 0 aliphatic heterocycles. The molecule has 1 aromatic heterocycles. The predicted molar refractivity (Wildman–Crippen MR) is 95.7 cm³/mol. The molecule has 140 valence electrons. The minimum atomic E-state index is -4.07. The van der Waals surface area contributed by atoms with Crippen molar-refractivity contribution in [2.75, 3.05) is 4.72 Å². The number of carbonyl (C=O) groups is 1. The number of rotatable bonds is 6. The van der Waals surface area contributed by atoms with Crippen LogP contribution in [0.5, 0.6) is 0 Å². The number of aromatic nitrogens is 3. The van der Waals surface area contributed by atoms with E-state index in [4.69, 9.17) is 5.11 Å². The van der Waals surface area contributed by atoms with Crippen LogP contribution in [-0.2, 0) is 17.1 Å². The molecule has 8 nitrogen and oxygen atoms in total. The van der Waals surface area contributed by atoms with Crippen molar-refractivity contribution in [3.63, 3.8) is 0 Å². The van der Waals surface area contributed by atoms with Gasteiger partial charge in [-0.05, 0) is 54.2 Å². The molecule has 1 heterocycles. The molecule has 0 saturated heterocycles. The van der Waals surface area contributed by atoms with Crippen molar-refractivity contribution in [3.05, 3.63) is 60.2 Å². The molecule has 0 aliphatic rings. The van der Waals surface area contributed by atoms with Gasteiger partial charge in [-0.3, -0.25) is 4.72 Å². The van der Waals surface area contributed by atoms with E-state index >= 15 is 0 Å². The lowest BCUT2D eigenvalue weighted by Gasteiger charge is -2.09. The Labute approximate surface area is 158 Å². The van der Waals surface area contributed by atoms with Crippen LogP contribution in [-0.4, -0.2) is 34.3 Å². The number of carboxylic acids is 1. The van der Waals surface area contributed by atoms with E-state index in [0.717, 1.165) is 23.1 Å². The van der Waals surface area contributed by atoms with Crippen LogP contribution in [0.4, 0.5) is 10.1 Å². The van der Waals surface area contributed by atoms with E-state index in [1.807, 2.05) is 0 Å². The van der Waals surface area contributed by atoms with Crippen LogP contribution in [0.25, 0.3) is 0 Å². The van der Waals surface area contributed by atoms with Gasteiger partial charge in [-0.15, -0.1) is 10.2 Å². The van der Waals surface area contributed by atoms with Crippen molar-refractivity contribution in [3.8, 4) is 0 Å². The monoisotopic (exact) mass is 408 g/mol. The van der Waals surface area contributed by atoms with E-state index in [9.17, 15) is 17.6 Å². The molecule has 0 fully saturated rings. The molecule has 0 radical (unpaired) electrons. The summed E-state index contributed by atoms with van der Waals surface area (Å²) >= 11 is 1.36. The summed E-state index contributed by atoms with van der Waals surface area (Å²) in [7, 11) is -2.26. The summed E-state index contributed by atoms with van der Waals surface area (Å²) in [6, 6.07) is 9.09. The van der Waals surface area contributed by atoms with Crippen LogP contribution in [0.15, 0.2) is 63.7 Å². The third-order valence-electron chi connectivity index (χ3n) is 3.46. The summed E-state index contributed by atoms with van der Waals surface area (Å²) in [4.78, 5) is 11.5. The molecule has 2 N–H and O–H groups in total. The van der Waals surface area contributed by atoms with Crippen LogP contribution in [0.1, 0.15) is 10.4 Å². The molecule has 0 aliphatic carbocycles. The molecular weight excluding hydrogens is 395 g/mol. The summed E-state index contributed by atoms with van der Waals surface area (Å²) in [5, 5.41) is 17.3. The zero-order chi connectivity index (χ0) is 19.6. The first-order valence-electron chi connectivity index (χ1n) is 7.44. The van der Waals surface area contributed by atoms with Crippen molar-refractivity contribution in [1.29, 1.82) is 0 Å². The van der Waals surface area contributed by atoms with Gasteiger partial charge in [-0.2, -0.15) is 0 Å². The number of halogens is 1. The second-order valence-electron chi connectivity index (χ2n) is 5.40. The van der Waals surface area contributed by atoms with E-state index in [2.05, 4.69) is 14.9 Å². The van der Waals surface area contributed by atoms with Crippen molar-refractivity contribution >= 4 is 33.4 Å². The molecule has 3 aromatic rings. The molecule has 0 bridgehead atoms. The molecule has 11 heteroatoms. The molecule has 27 heavy (non-hydrogen) atoms. The maximum atomic E-state index is 13.5. The maximum absolute atomic E-state index is 13.5. The minimum absolute atomic E-state index is 0.276. The fourth-order valence-electron chi connectivity index (χ4n) is 2.11. The van der Waals surface area contributed by atoms with Crippen molar-refractivity contribution < 1.29 is 22.7 Å². The third-order valence-corrected chi connectivity index (χ3v) is 5.90. The fraction of sp³-hybridized carbons (Fsp3) is 0.0625. The summed E-state index contributed by atoms with van der Waals surface area (Å²) in [6.07, 6.45) is 1.57. The number of aryl methyl sites for hydroxylation is 1. The van der Waals surface area contributed by atoms with Gasteiger partial charge >= 0.3 is 5.97 Å². The van der Waals surface area contributed by atoms with E-state index in [1.165, 1.54) is 11.8 Å². The number of nitrogens with one attached hydrogen (secondary N) is 1. The largest absolute Gasteiger partial charge is 0.478 e. The Kier molecular flexibility index (Phi) is 5.15. The zero-order valence-electron chi connectivity index (χ0n) is 13.8. The number of hydrogen-bond acceptors (Lipinski definition) is 6. The lowest BCUT2D eigenvalue weighted by Crippen LogP contribution is -2.14. The minimum Gasteiger partial charge on any atom is -0.478 e. The first-order chi connectivity index (χ1) is 12.8. The Hall–Kier alpha value is -2.92. The third kappa shape index (κ3) is 4.26. The topological polar surface area (TPSA) is 114 Å². The Bertz CT molecular complexity index is 1100. The van der Waals surface area contributed by atoms with Crippen molar-refractivity contribution in [1.82, 2.24) is 14.8 Å².